The summed E-state index contributed by atoms with van der Waals surface area (Å²) in [5.41, 5.74) is 2.79. The molecule has 1 heterocycles. The average molecular weight is 1970 g/mol. The molecule has 1 aromatic carbocycles. The van der Waals surface area contributed by atoms with Crippen LogP contribution in [0.25, 0.3) is 0 Å². The molecule has 23 amide bonds. The minimum Gasteiger partial charge on any atom is -0.394 e. The molecule has 1 saturated heterocycles. The quantitative estimate of drug-likeness (QED) is 0.0292. The third kappa shape index (κ3) is 39.1. The number of carbonyl (C=O) groups is 23. The molecule has 0 radical (unpaired) electrons. The summed E-state index contributed by atoms with van der Waals surface area (Å²) < 4.78 is 0. The van der Waals surface area contributed by atoms with E-state index in [0.29, 0.717) is 6.42 Å². The molecule has 0 aromatic heterocycles. The molecule has 1 aliphatic rings. The van der Waals surface area contributed by atoms with Crippen LogP contribution in [0.4, 0.5) is 0 Å². The Bertz CT molecular complexity index is 4650. The lowest BCUT2D eigenvalue weighted by atomic mass is 9.93. The number of likely N-dealkylation sites (tertiary alicyclic amines) is 1. The van der Waals surface area contributed by atoms with Crippen LogP contribution in [0.15, 0.2) is 30.3 Å². The molecule has 0 spiro atoms. The molecule has 0 bridgehead atoms. The lowest BCUT2D eigenvalue weighted by Crippen LogP contribution is -2.67. The zero-order valence-corrected chi connectivity index (χ0v) is 85.1. The van der Waals surface area contributed by atoms with Gasteiger partial charge in [-0.1, -0.05) is 85.2 Å². The van der Waals surface area contributed by atoms with Crippen LogP contribution >= 0.6 is 0 Å². The van der Waals surface area contributed by atoms with Crippen molar-refractivity contribution in [2.45, 2.75) is 368 Å². The van der Waals surface area contributed by atoms with E-state index in [-0.39, 0.29) is 57.4 Å². The van der Waals surface area contributed by atoms with Crippen molar-refractivity contribution in [1.29, 1.82) is 0 Å². The number of amides is 23. The Morgan fingerprint density at radius 1 is 0.403 bits per heavy atom. The summed E-state index contributed by atoms with van der Waals surface area (Å²) in [5, 5.41) is 58.5. The van der Waals surface area contributed by atoms with Gasteiger partial charge < -0.3 is 128 Å². The molecule has 139 heavy (non-hydrogen) atoms. The number of nitrogens with two attached hydrogens (primary N) is 3. The third-order valence-corrected chi connectivity index (χ3v) is 23.3. The molecular weight excluding hydrogens is 1810 g/mol. The van der Waals surface area contributed by atoms with E-state index in [1.807, 2.05) is 0 Å². The number of nitrogens with one attached hydrogen (secondary N) is 19. The van der Waals surface area contributed by atoms with Crippen LogP contribution in [-0.2, 0) is 117 Å². The van der Waals surface area contributed by atoms with Crippen molar-refractivity contribution in [3.63, 3.8) is 0 Å². The van der Waals surface area contributed by atoms with Crippen LogP contribution in [0.1, 0.15) is 256 Å². The van der Waals surface area contributed by atoms with Gasteiger partial charge in [-0.3, -0.25) is 110 Å². The second kappa shape index (κ2) is 52.7. The predicted octanol–water partition coefficient (Wildman–Crippen LogP) is -4.65. The minimum atomic E-state index is -1.92. The molecule has 0 unspecified atom stereocenters. The van der Waals surface area contributed by atoms with Crippen LogP contribution < -0.4 is 118 Å². The lowest BCUT2D eigenvalue weighted by molar-refractivity contribution is -0.146. The average Bonchev–Trinajstić information content (AvgIpc) is 1.78. The van der Waals surface area contributed by atoms with Crippen molar-refractivity contribution in [1.82, 2.24) is 106 Å². The number of rotatable bonds is 56. The van der Waals surface area contributed by atoms with E-state index in [0.717, 1.165) is 5.56 Å². The summed E-state index contributed by atoms with van der Waals surface area (Å²) in [5.74, 6) is -21.2. The first-order valence-corrected chi connectivity index (χ1v) is 46.5. The van der Waals surface area contributed by atoms with Gasteiger partial charge in [-0.05, 0) is 199 Å². The van der Waals surface area contributed by atoms with Crippen molar-refractivity contribution < 1.29 is 115 Å². The monoisotopic (exact) mass is 1960 g/mol. The maximum absolute atomic E-state index is 14.6. The molecular formula is C92H153N23O24. The van der Waals surface area contributed by atoms with Gasteiger partial charge in [-0.2, -0.15) is 0 Å². The third-order valence-electron chi connectivity index (χ3n) is 23.3. The van der Waals surface area contributed by atoms with E-state index in [1.54, 1.807) is 71.9 Å². The lowest BCUT2D eigenvalue weighted by Gasteiger charge is -2.36. The van der Waals surface area contributed by atoms with E-state index >= 15 is 0 Å². The van der Waals surface area contributed by atoms with E-state index < -0.39 is 297 Å². The number of primary amides is 3. The van der Waals surface area contributed by atoms with E-state index in [9.17, 15) is 115 Å². The molecule has 1 aromatic rings. The maximum atomic E-state index is 14.6. The van der Waals surface area contributed by atoms with Gasteiger partial charge in [0.15, 0.2) is 0 Å². The van der Waals surface area contributed by atoms with Crippen molar-refractivity contribution in [3.05, 3.63) is 35.9 Å². The largest absolute Gasteiger partial charge is 0.394 e. The Morgan fingerprint density at radius 2 is 0.806 bits per heavy atom. The minimum absolute atomic E-state index is 0.00636. The molecule has 1 fully saturated rings. The van der Waals surface area contributed by atoms with Crippen molar-refractivity contribution in [2.24, 2.45) is 35.0 Å². The first-order valence-electron chi connectivity index (χ1n) is 46.5. The van der Waals surface area contributed by atoms with Crippen molar-refractivity contribution in [2.75, 3.05) is 19.7 Å². The smallest absolute Gasteiger partial charge is 0.248 e. The summed E-state index contributed by atoms with van der Waals surface area (Å²) in [6.07, 6.45) is -1.66. The maximum Gasteiger partial charge on any atom is 0.248 e. The van der Waals surface area contributed by atoms with E-state index in [2.05, 4.69) is 101 Å². The predicted molar refractivity (Wildman–Crippen MR) is 508 cm³/mol. The highest BCUT2D eigenvalue weighted by molar-refractivity contribution is 6.05. The summed E-state index contributed by atoms with van der Waals surface area (Å²) in [4.78, 5) is 314. The molecule has 26 N–H and O–H groups in total. The van der Waals surface area contributed by atoms with Gasteiger partial charge in [0, 0.05) is 32.7 Å². The summed E-state index contributed by atoms with van der Waals surface area (Å²) >= 11 is 0. The van der Waals surface area contributed by atoms with Gasteiger partial charge in [0.2, 0.25) is 136 Å². The van der Waals surface area contributed by atoms with Crippen molar-refractivity contribution in [3.8, 4) is 0 Å². The SMILES string of the molecule is CC[C@H](C)[C@H](NC(=O)C(C)(C)NC(=O)[C@H](CCC(N)=O)NC(=O)C(C)(C)NC(=O)C(C)(C)NC(=O)[C@H](C)NC(=O)[C@H](C)NC(=O)[C@H](C)NC(=O)C(C)(C)NC(C)=O)C(=O)NC(C)(C)C(=O)NCC(=O)N[C@@H](CC(C)C)C(=O)NC(C)(C)C(=O)N1CCC[C@H]1C(=O)N[C@H](C(=O)NC(C)(C)C(=O)N[C@@](C)(CC)C(=O)N[C@@H](CCC(N)=O)C(=O)N[C@@H](CCC(N)=O)C(=O)N[C@H](CO)Cc1ccccc1)C(C)C. The zero-order valence-electron chi connectivity index (χ0n) is 85.1. The fourth-order valence-electron chi connectivity index (χ4n) is 14.0. The first-order chi connectivity index (χ1) is 63.8. The Kier molecular flexibility index (Phi) is 46.3. The number of hydrogen-bond donors (Lipinski definition) is 23. The van der Waals surface area contributed by atoms with Crippen LogP contribution in [0.3, 0.4) is 0 Å². The number of benzene rings is 1. The van der Waals surface area contributed by atoms with Crippen LogP contribution in [0.2, 0.25) is 0 Å². The normalized spacial score (nSPS) is 15.8. The molecule has 0 aliphatic carbocycles. The molecule has 13 atom stereocenters. The second-order valence-electron chi connectivity index (χ2n) is 40.1. The number of hydrogen-bond acceptors (Lipinski definition) is 24. The fourth-order valence-corrected chi connectivity index (χ4v) is 14.0. The Hall–Kier alpha value is -13.0. The van der Waals surface area contributed by atoms with E-state index in [1.165, 1.54) is 143 Å². The first kappa shape index (κ1) is 122. The second-order valence-corrected chi connectivity index (χ2v) is 40.1. The van der Waals surface area contributed by atoms with Gasteiger partial charge in [0.05, 0.1) is 19.2 Å². The number of nitrogens with zero attached hydrogens (tertiary/aromatic N) is 1. The summed E-state index contributed by atoms with van der Waals surface area (Å²) in [7, 11) is 0. The zero-order chi connectivity index (χ0) is 107. The Morgan fingerprint density at radius 3 is 1.29 bits per heavy atom. The number of aliphatic hydroxyl groups excluding tert-OH is 1. The highest BCUT2D eigenvalue weighted by Gasteiger charge is 2.48. The Labute approximate surface area is 812 Å². The molecule has 47 heteroatoms. The van der Waals surface area contributed by atoms with Crippen LogP contribution in [0.5, 0.6) is 0 Å². The Balaban J connectivity index is 2.21. The van der Waals surface area contributed by atoms with Crippen molar-refractivity contribution >= 4 is 136 Å². The highest BCUT2D eigenvalue weighted by Crippen LogP contribution is 2.25. The van der Waals surface area contributed by atoms with Gasteiger partial charge >= 0.3 is 0 Å². The van der Waals surface area contributed by atoms with Crippen LogP contribution in [0, 0.1) is 17.8 Å². The fraction of sp³-hybridized carbons (Fsp3) is 0.685. The summed E-state index contributed by atoms with van der Waals surface area (Å²) in [6.45, 7) is 35.3. The standard InChI is InChI=1S/C92H153N23O24/c1-27-49(7)66(106-80(135)87(16,17)109-72(127)58(38-41-63(95)120)103-79(134)88(18,19)113-81(136)89(20,21)108-69(124)52(10)98-67(122)50(8)97-68(123)51(9)99-78(133)86(14,15)107-53(11)117)76(131)112-85(12,13)77(132)96-45-64(121)101-59(43-47(3)4)73(128)110-91(24,25)84(139)115-42-32-35-60(115)74(129)105-65(48(5)6)75(130)111-90(22,23)82(137)114-92(26,28-2)83(138)104-57(37-40-62(94)119)71(126)102-56(36-39-61(93)118)70(125)100-55(46-116)44-54-33-30-29-31-34-54/h29-31,33-34,47-52,55-60,65-66,116H,27-28,32,35-46H2,1-26H3,(H2,93,118)(H2,94,119)(H2,95,120)(H,96,132)(H,97,123)(H,98,122)(H,99,133)(H,100,125)(H,101,121)(H,102,126)(H,103,134)(H,104,138)(H,105,129)(H,106,135)(H,107,117)(H,108,124)(H,109,127)(H,110,128)(H,111,130)(H,112,131)(H,113,136)(H,114,137)/t49-,50-,51-,52-,55-,56-,57-,58-,59-,60-,65-,66-,92-/m0/s1. The molecule has 47 nitrogen and oxygen atoms in total. The highest BCUT2D eigenvalue weighted by atomic mass is 16.3. The number of carbonyl (C=O) groups excluding carboxylic acids is 23. The van der Waals surface area contributed by atoms with Crippen LogP contribution in [-0.4, -0.2) is 276 Å². The summed E-state index contributed by atoms with van der Waals surface area (Å²) in [6, 6.07) is -5.62. The number of aliphatic hydroxyl groups is 1. The van der Waals surface area contributed by atoms with Gasteiger partial charge in [0.25, 0.3) is 0 Å². The van der Waals surface area contributed by atoms with Gasteiger partial charge in [0.1, 0.15) is 105 Å². The molecule has 780 valence electrons. The topological polar surface area (TPSA) is 723 Å². The molecule has 2 rings (SSSR count). The van der Waals surface area contributed by atoms with E-state index in [4.69, 9.17) is 17.2 Å². The molecule has 0 saturated carbocycles. The molecule has 1 aliphatic heterocycles. The van der Waals surface area contributed by atoms with Gasteiger partial charge in [-0.25, -0.2) is 0 Å². The van der Waals surface area contributed by atoms with Gasteiger partial charge in [-0.15, -0.1) is 0 Å².